The molecule has 0 fully saturated rings. The van der Waals surface area contributed by atoms with Crippen molar-refractivity contribution >= 4 is 16.9 Å². The fourth-order valence-corrected chi connectivity index (χ4v) is 4.41. The number of hydrogen-bond acceptors (Lipinski definition) is 5. The number of nitrogens with zero attached hydrogens (tertiary/aromatic N) is 3. The van der Waals surface area contributed by atoms with E-state index in [9.17, 15) is 9.59 Å². The van der Waals surface area contributed by atoms with Crippen molar-refractivity contribution in [3.63, 3.8) is 0 Å². The van der Waals surface area contributed by atoms with E-state index in [1.807, 2.05) is 10.6 Å². The average molecular weight is 363 g/mol. The van der Waals surface area contributed by atoms with Crippen molar-refractivity contribution in [3.8, 4) is 0 Å². The third-order valence-electron chi connectivity index (χ3n) is 5.66. The molecule has 3 N–H and O–H groups in total. The summed E-state index contributed by atoms with van der Waals surface area (Å²) >= 11 is 0. The average Bonchev–Trinajstić information content (AvgIpc) is 2.66. The van der Waals surface area contributed by atoms with Gasteiger partial charge in [-0.25, -0.2) is 4.98 Å². The number of aromatic nitrogens is 3. The Morgan fingerprint density at radius 2 is 2.07 bits per heavy atom. The molecule has 2 aliphatic heterocycles. The van der Waals surface area contributed by atoms with Crippen LogP contribution in [0.1, 0.15) is 28.8 Å². The fraction of sp³-hybridized carbons (Fsp3) is 0.350. The first kappa shape index (κ1) is 16.3. The Kier molecular flexibility index (Phi) is 3.65. The van der Waals surface area contributed by atoms with Gasteiger partial charge in [0.1, 0.15) is 0 Å². The van der Waals surface area contributed by atoms with Crippen molar-refractivity contribution in [3.05, 3.63) is 67.4 Å². The Labute approximate surface area is 155 Å². The molecule has 138 valence electrons. The van der Waals surface area contributed by atoms with Crippen LogP contribution in [0.4, 0.5) is 5.95 Å². The summed E-state index contributed by atoms with van der Waals surface area (Å²) in [5.74, 6) is 0.162. The van der Waals surface area contributed by atoms with Gasteiger partial charge in [0.15, 0.2) is 0 Å². The molecule has 0 saturated heterocycles. The van der Waals surface area contributed by atoms with Crippen molar-refractivity contribution in [2.24, 2.45) is 0 Å². The molecule has 1 aromatic carbocycles. The van der Waals surface area contributed by atoms with E-state index in [4.69, 9.17) is 5.73 Å². The number of benzene rings is 1. The molecular weight excluding hydrogens is 342 g/mol. The summed E-state index contributed by atoms with van der Waals surface area (Å²) in [6.45, 7) is 2.53. The van der Waals surface area contributed by atoms with Crippen molar-refractivity contribution in [2.75, 3.05) is 12.3 Å². The Morgan fingerprint density at radius 1 is 1.19 bits per heavy atom. The molecule has 2 aromatic heterocycles. The topological polar surface area (TPSA) is 97.0 Å². The number of fused-ring (bicyclic) bond motifs is 1. The molecule has 7 nitrogen and oxygen atoms in total. The number of aromatic amines is 1. The molecule has 0 saturated carbocycles. The van der Waals surface area contributed by atoms with Gasteiger partial charge in [0.2, 0.25) is 5.95 Å². The minimum absolute atomic E-state index is 0.0878. The van der Waals surface area contributed by atoms with Crippen molar-refractivity contribution in [2.45, 2.75) is 38.9 Å². The van der Waals surface area contributed by atoms with Gasteiger partial charge < -0.3 is 10.3 Å². The molecule has 4 heterocycles. The number of rotatable bonds is 2. The van der Waals surface area contributed by atoms with Crippen LogP contribution in [0.2, 0.25) is 0 Å². The Morgan fingerprint density at radius 3 is 2.96 bits per heavy atom. The van der Waals surface area contributed by atoms with Gasteiger partial charge in [-0.2, -0.15) is 0 Å². The minimum atomic E-state index is -0.183. The van der Waals surface area contributed by atoms with Gasteiger partial charge in [-0.1, -0.05) is 18.2 Å². The first-order chi connectivity index (χ1) is 13.1. The standard InChI is InChI=1S/C20H21N5O2/c21-20-22-16-6-8-24(11-15(16)18(26)23-20)10-14-9-13-4-1-3-12-5-2-7-25(17(12)13)19(14)27/h1,3-4,9H,2,5-8,10-11H2,(H3,21,22,23,26). The summed E-state index contributed by atoms with van der Waals surface area (Å²) in [5.41, 5.74) is 10.1. The summed E-state index contributed by atoms with van der Waals surface area (Å²) < 4.78 is 1.93. The van der Waals surface area contributed by atoms with Crippen LogP contribution in [-0.4, -0.2) is 26.0 Å². The lowest BCUT2D eigenvalue weighted by Crippen LogP contribution is -2.37. The number of nitrogens with one attached hydrogen (secondary N) is 1. The fourth-order valence-electron chi connectivity index (χ4n) is 4.41. The number of aryl methyl sites for hydroxylation is 2. The van der Waals surface area contributed by atoms with E-state index < -0.39 is 0 Å². The molecule has 0 amide bonds. The molecule has 0 unspecified atom stereocenters. The van der Waals surface area contributed by atoms with E-state index in [0.717, 1.165) is 48.1 Å². The smallest absolute Gasteiger partial charge is 0.257 e. The predicted molar refractivity (Wildman–Crippen MR) is 104 cm³/mol. The normalized spacial score (nSPS) is 16.4. The van der Waals surface area contributed by atoms with Crippen molar-refractivity contribution in [1.29, 1.82) is 0 Å². The van der Waals surface area contributed by atoms with Gasteiger partial charge in [-0.05, 0) is 29.9 Å². The largest absolute Gasteiger partial charge is 0.369 e. The molecule has 7 heteroatoms. The van der Waals surface area contributed by atoms with Gasteiger partial charge in [-0.3, -0.25) is 19.5 Å². The summed E-state index contributed by atoms with van der Waals surface area (Å²) in [7, 11) is 0. The lowest BCUT2D eigenvalue weighted by atomic mass is 9.99. The zero-order valence-corrected chi connectivity index (χ0v) is 15.0. The number of hydrogen-bond donors (Lipinski definition) is 2. The minimum Gasteiger partial charge on any atom is -0.369 e. The predicted octanol–water partition coefficient (Wildman–Crippen LogP) is 1.17. The van der Waals surface area contributed by atoms with E-state index in [-0.39, 0.29) is 17.1 Å². The first-order valence-electron chi connectivity index (χ1n) is 9.34. The maximum atomic E-state index is 13.1. The van der Waals surface area contributed by atoms with Crippen LogP contribution in [-0.2, 0) is 32.5 Å². The zero-order valence-electron chi connectivity index (χ0n) is 15.0. The van der Waals surface area contributed by atoms with Crippen LogP contribution in [0.3, 0.4) is 0 Å². The van der Waals surface area contributed by atoms with E-state index in [2.05, 4.69) is 33.1 Å². The van der Waals surface area contributed by atoms with Crippen LogP contribution in [0.15, 0.2) is 33.9 Å². The van der Waals surface area contributed by atoms with Crippen LogP contribution in [0.5, 0.6) is 0 Å². The highest BCUT2D eigenvalue weighted by atomic mass is 16.1. The summed E-state index contributed by atoms with van der Waals surface area (Å²) in [4.78, 5) is 34.2. The van der Waals surface area contributed by atoms with E-state index >= 15 is 0 Å². The summed E-state index contributed by atoms with van der Waals surface area (Å²) in [6.07, 6.45) is 2.68. The Hall–Kier alpha value is -2.93. The van der Waals surface area contributed by atoms with E-state index in [1.165, 1.54) is 5.56 Å². The molecule has 27 heavy (non-hydrogen) atoms. The lowest BCUT2D eigenvalue weighted by Gasteiger charge is -2.28. The Balaban J connectivity index is 1.52. The van der Waals surface area contributed by atoms with Gasteiger partial charge in [0.25, 0.3) is 11.1 Å². The molecular formula is C20H21N5O2. The van der Waals surface area contributed by atoms with E-state index in [0.29, 0.717) is 25.1 Å². The van der Waals surface area contributed by atoms with Crippen LogP contribution < -0.4 is 16.9 Å². The molecule has 2 aliphatic rings. The molecule has 0 spiro atoms. The highest BCUT2D eigenvalue weighted by molar-refractivity contribution is 5.83. The number of pyridine rings is 1. The second-order valence-electron chi connectivity index (χ2n) is 7.42. The molecule has 0 atom stereocenters. The summed E-state index contributed by atoms with van der Waals surface area (Å²) in [6, 6.07) is 8.27. The molecule has 3 aromatic rings. The lowest BCUT2D eigenvalue weighted by molar-refractivity contribution is 0.240. The molecule has 0 bridgehead atoms. The van der Waals surface area contributed by atoms with Crippen LogP contribution in [0.25, 0.3) is 10.9 Å². The molecule has 0 aliphatic carbocycles. The van der Waals surface area contributed by atoms with Gasteiger partial charge in [-0.15, -0.1) is 0 Å². The maximum absolute atomic E-state index is 13.1. The zero-order chi connectivity index (χ0) is 18.5. The van der Waals surface area contributed by atoms with Gasteiger partial charge in [0, 0.05) is 38.2 Å². The van der Waals surface area contributed by atoms with Crippen LogP contribution >= 0.6 is 0 Å². The quantitative estimate of drug-likeness (QED) is 0.712. The molecule has 0 radical (unpaired) electrons. The maximum Gasteiger partial charge on any atom is 0.257 e. The van der Waals surface area contributed by atoms with Crippen molar-refractivity contribution < 1.29 is 0 Å². The number of anilines is 1. The van der Waals surface area contributed by atoms with Gasteiger partial charge >= 0.3 is 0 Å². The number of para-hydroxylation sites is 1. The number of nitrogens with two attached hydrogens (primary N) is 1. The van der Waals surface area contributed by atoms with E-state index in [1.54, 1.807) is 0 Å². The second kappa shape index (κ2) is 6.06. The van der Waals surface area contributed by atoms with Crippen molar-refractivity contribution in [1.82, 2.24) is 19.4 Å². The Bertz CT molecular complexity index is 1180. The third kappa shape index (κ3) is 2.66. The summed E-state index contributed by atoms with van der Waals surface area (Å²) in [5, 5.41) is 1.12. The first-order valence-corrected chi connectivity index (χ1v) is 9.34. The highest BCUT2D eigenvalue weighted by Gasteiger charge is 2.23. The SMILES string of the molecule is Nc1nc2c(c(=O)[nH]1)CN(Cc1cc3cccc4c3n(c1=O)CCC4)CC2. The van der Waals surface area contributed by atoms with Gasteiger partial charge in [0.05, 0.1) is 16.8 Å². The van der Waals surface area contributed by atoms with Crippen LogP contribution in [0, 0.1) is 0 Å². The molecule has 5 rings (SSSR count). The monoisotopic (exact) mass is 363 g/mol. The number of H-pyrrole nitrogens is 1. The third-order valence-corrected chi connectivity index (χ3v) is 5.66. The highest BCUT2D eigenvalue weighted by Crippen LogP contribution is 2.25. The second-order valence-corrected chi connectivity index (χ2v) is 7.42. The number of nitrogen functional groups attached to an aromatic ring is 1.